The van der Waals surface area contributed by atoms with Crippen LogP contribution >= 0.6 is 0 Å². The largest absolute Gasteiger partial charge is 0.503 e. The zero-order valence-electron chi connectivity index (χ0n) is 11.9. The average molecular weight is 305 g/mol. The molecule has 1 saturated heterocycles. The molecule has 2 aliphatic rings. The van der Waals surface area contributed by atoms with Crippen LogP contribution in [0.5, 0.6) is 5.75 Å². The number of hydrogen-bond donors (Lipinski definition) is 2. The van der Waals surface area contributed by atoms with Crippen LogP contribution in [-0.2, 0) is 4.79 Å². The molecule has 8 nitrogen and oxygen atoms in total. The molecule has 2 aliphatic heterocycles. The van der Waals surface area contributed by atoms with Crippen LogP contribution in [0.2, 0.25) is 0 Å². The van der Waals surface area contributed by atoms with Crippen LogP contribution in [0.1, 0.15) is 46.7 Å². The Morgan fingerprint density at radius 1 is 1.36 bits per heavy atom. The zero-order valence-corrected chi connectivity index (χ0v) is 11.9. The Balaban J connectivity index is 2.31. The van der Waals surface area contributed by atoms with E-state index >= 15 is 0 Å². The molecule has 1 fully saturated rings. The summed E-state index contributed by atoms with van der Waals surface area (Å²) in [6, 6.07) is -0.886. The van der Waals surface area contributed by atoms with Crippen molar-refractivity contribution in [3.63, 3.8) is 0 Å². The number of amides is 2. The number of ketones is 1. The maximum atomic E-state index is 12.5. The lowest BCUT2D eigenvalue weighted by Gasteiger charge is -2.36. The van der Waals surface area contributed by atoms with Gasteiger partial charge in [-0.05, 0) is 13.3 Å². The summed E-state index contributed by atoms with van der Waals surface area (Å²) in [7, 11) is 0. The molecule has 116 valence electrons. The first-order valence-corrected chi connectivity index (χ1v) is 6.94. The number of primary amides is 1. The van der Waals surface area contributed by atoms with Crippen LogP contribution in [0, 0.1) is 0 Å². The average Bonchev–Trinajstić information content (AvgIpc) is 2.59. The lowest BCUT2D eigenvalue weighted by atomic mass is 10.0. The fraction of sp³-hybridized carbons (Fsp3) is 0.429. The van der Waals surface area contributed by atoms with Gasteiger partial charge in [0.2, 0.25) is 5.43 Å². The van der Waals surface area contributed by atoms with Crippen molar-refractivity contribution >= 4 is 17.6 Å². The fourth-order valence-corrected chi connectivity index (χ4v) is 3.06. The molecular formula is C14H15N3O5. The summed E-state index contributed by atoms with van der Waals surface area (Å²) in [4.78, 5) is 49.6. The van der Waals surface area contributed by atoms with E-state index in [4.69, 9.17) is 5.73 Å². The maximum Gasteiger partial charge on any atom is 0.274 e. The van der Waals surface area contributed by atoms with E-state index in [-0.39, 0.29) is 30.5 Å². The summed E-state index contributed by atoms with van der Waals surface area (Å²) in [5.41, 5.74) is 3.44. The number of carbonyl (C=O) groups excluding carboxylic acids is 3. The molecule has 0 spiro atoms. The number of carbonyl (C=O) groups is 3. The minimum atomic E-state index is -1.01. The van der Waals surface area contributed by atoms with Gasteiger partial charge in [0, 0.05) is 25.2 Å². The third-order valence-corrected chi connectivity index (χ3v) is 4.36. The van der Waals surface area contributed by atoms with Gasteiger partial charge in [-0.15, -0.1) is 0 Å². The second-order valence-electron chi connectivity index (χ2n) is 5.67. The summed E-state index contributed by atoms with van der Waals surface area (Å²) in [5, 5.41) is 10.1. The Hall–Kier alpha value is -2.64. The van der Waals surface area contributed by atoms with Crippen molar-refractivity contribution in [1.29, 1.82) is 0 Å². The Morgan fingerprint density at radius 3 is 2.68 bits per heavy atom. The van der Waals surface area contributed by atoms with Gasteiger partial charge < -0.3 is 20.3 Å². The third kappa shape index (κ3) is 1.83. The highest BCUT2D eigenvalue weighted by atomic mass is 16.3. The van der Waals surface area contributed by atoms with Crippen molar-refractivity contribution in [3.05, 3.63) is 27.7 Å². The highest BCUT2D eigenvalue weighted by Crippen LogP contribution is 2.32. The number of hydrogen-bond acceptors (Lipinski definition) is 5. The summed E-state index contributed by atoms with van der Waals surface area (Å²) in [5.74, 6) is -2.48. The first kappa shape index (κ1) is 14.3. The van der Waals surface area contributed by atoms with Crippen LogP contribution in [0.25, 0.3) is 0 Å². The van der Waals surface area contributed by atoms with Gasteiger partial charge in [0.25, 0.3) is 11.8 Å². The predicted octanol–water partition coefficient (Wildman–Crippen LogP) is -0.599. The number of Topliss-reactive ketones (excluding diaryl/α,β-unsaturated/α-hetero) is 1. The third-order valence-electron chi connectivity index (χ3n) is 4.36. The van der Waals surface area contributed by atoms with Crippen molar-refractivity contribution in [3.8, 4) is 5.75 Å². The summed E-state index contributed by atoms with van der Waals surface area (Å²) in [6.45, 7) is 1.97. The maximum absolute atomic E-state index is 12.5. The number of nitrogens with zero attached hydrogens (tertiary/aromatic N) is 2. The zero-order chi connectivity index (χ0) is 16.2. The molecule has 0 saturated carbocycles. The van der Waals surface area contributed by atoms with E-state index in [1.54, 1.807) is 0 Å². The molecule has 8 heteroatoms. The topological polar surface area (TPSA) is 123 Å². The van der Waals surface area contributed by atoms with Gasteiger partial charge >= 0.3 is 0 Å². The molecule has 3 heterocycles. The van der Waals surface area contributed by atoms with Gasteiger partial charge in [0.05, 0.1) is 0 Å². The molecule has 1 aromatic heterocycles. The quantitative estimate of drug-likeness (QED) is 0.717. The lowest BCUT2D eigenvalue weighted by Crippen LogP contribution is -2.48. The highest BCUT2D eigenvalue weighted by molar-refractivity contribution is 6.00. The van der Waals surface area contributed by atoms with E-state index < -0.39 is 34.6 Å². The molecule has 22 heavy (non-hydrogen) atoms. The van der Waals surface area contributed by atoms with E-state index in [2.05, 4.69) is 0 Å². The molecule has 2 amide bonds. The van der Waals surface area contributed by atoms with Crippen molar-refractivity contribution in [2.24, 2.45) is 5.73 Å². The normalized spacial score (nSPS) is 24.0. The Bertz CT molecular complexity index is 766. The van der Waals surface area contributed by atoms with Gasteiger partial charge in [-0.1, -0.05) is 0 Å². The Kier molecular flexibility index (Phi) is 3.05. The molecular weight excluding hydrogens is 290 g/mol. The molecule has 1 aromatic rings. The van der Waals surface area contributed by atoms with E-state index in [0.717, 1.165) is 6.20 Å². The molecule has 0 aromatic carbocycles. The number of rotatable bonds is 1. The first-order chi connectivity index (χ1) is 10.3. The van der Waals surface area contributed by atoms with Crippen LogP contribution in [0.15, 0.2) is 11.0 Å². The van der Waals surface area contributed by atoms with E-state index in [0.29, 0.717) is 6.42 Å². The Labute approximate surface area is 125 Å². The standard InChI is InChI=1S/C14H15N3O5/c1-6-2-3-9(18)8-5-16(6)14(22)10-12(20)11(19)7(13(15)21)4-17(8)10/h4,6,8,20H,2-3,5H2,1H3,(H2,15,21)/t6-,8+/m0/s1. The minimum Gasteiger partial charge on any atom is -0.503 e. The SMILES string of the molecule is C[C@H]1CCC(=O)[C@H]2CN1C(=O)c1c(O)c(=O)c(C(N)=O)cn12. The number of pyridine rings is 1. The first-order valence-electron chi connectivity index (χ1n) is 6.94. The van der Waals surface area contributed by atoms with E-state index in [9.17, 15) is 24.3 Å². The van der Waals surface area contributed by atoms with Gasteiger partial charge in [-0.2, -0.15) is 0 Å². The number of aromatic hydroxyl groups is 1. The number of fused-ring (bicyclic) bond motifs is 4. The van der Waals surface area contributed by atoms with E-state index in [1.165, 1.54) is 9.47 Å². The summed E-state index contributed by atoms with van der Waals surface area (Å²) < 4.78 is 1.22. The van der Waals surface area contributed by atoms with Crippen LogP contribution in [-0.4, -0.2) is 44.8 Å². The number of nitrogens with two attached hydrogens (primary N) is 1. The van der Waals surface area contributed by atoms with Crippen LogP contribution in [0.3, 0.4) is 0 Å². The molecule has 2 bridgehead atoms. The predicted molar refractivity (Wildman–Crippen MR) is 74.7 cm³/mol. The molecule has 0 unspecified atom stereocenters. The number of aromatic nitrogens is 1. The molecule has 0 radical (unpaired) electrons. The van der Waals surface area contributed by atoms with Gasteiger partial charge in [-0.3, -0.25) is 19.2 Å². The van der Waals surface area contributed by atoms with Crippen molar-refractivity contribution in [1.82, 2.24) is 9.47 Å². The lowest BCUT2D eigenvalue weighted by molar-refractivity contribution is -0.122. The molecule has 0 aliphatic carbocycles. The summed E-state index contributed by atoms with van der Waals surface area (Å²) >= 11 is 0. The van der Waals surface area contributed by atoms with Crippen molar-refractivity contribution in [2.75, 3.05) is 6.54 Å². The van der Waals surface area contributed by atoms with E-state index in [1.807, 2.05) is 6.92 Å². The van der Waals surface area contributed by atoms with Crippen molar-refractivity contribution in [2.45, 2.75) is 31.8 Å². The molecule has 2 atom stereocenters. The monoisotopic (exact) mass is 305 g/mol. The molecule has 3 rings (SSSR count). The van der Waals surface area contributed by atoms with Crippen molar-refractivity contribution < 1.29 is 19.5 Å². The fourth-order valence-electron chi connectivity index (χ4n) is 3.06. The smallest absolute Gasteiger partial charge is 0.274 e. The van der Waals surface area contributed by atoms with Gasteiger partial charge in [0.1, 0.15) is 11.6 Å². The van der Waals surface area contributed by atoms with Crippen LogP contribution in [0.4, 0.5) is 0 Å². The second kappa shape index (κ2) is 4.69. The summed E-state index contributed by atoms with van der Waals surface area (Å²) in [6.07, 6.45) is 1.91. The Morgan fingerprint density at radius 2 is 2.05 bits per heavy atom. The van der Waals surface area contributed by atoms with Gasteiger partial charge in [-0.25, -0.2) is 0 Å². The molecule has 3 N–H and O–H groups in total. The van der Waals surface area contributed by atoms with Gasteiger partial charge in [0.15, 0.2) is 17.2 Å². The highest BCUT2D eigenvalue weighted by Gasteiger charge is 2.41. The minimum absolute atomic E-state index is 0.110. The van der Waals surface area contributed by atoms with Crippen LogP contribution < -0.4 is 11.2 Å². The second-order valence-corrected chi connectivity index (χ2v) is 5.67.